The fourth-order valence-corrected chi connectivity index (χ4v) is 3.15. The van der Waals surface area contributed by atoms with E-state index >= 15 is 0 Å². The van der Waals surface area contributed by atoms with E-state index in [1.165, 1.54) is 25.7 Å². The Hall–Kier alpha value is 0.410. The van der Waals surface area contributed by atoms with Crippen LogP contribution in [0.3, 0.4) is 0 Å². The molecule has 1 heterocycles. The van der Waals surface area contributed by atoms with Gasteiger partial charge in [-0.2, -0.15) is 0 Å². The average molecular weight is 372 g/mol. The second kappa shape index (κ2) is 14.5. The SMILES string of the molecule is CCCCCCCCCCC(C(=O)[O-])C1(C(=O)[O-])CCC(=O)O1.[Na+].[Na+]. The number of carbonyl (C=O) groups excluding carboxylic acids is 3. The van der Waals surface area contributed by atoms with Crippen LogP contribution in [0.4, 0.5) is 0 Å². The number of unbranched alkanes of at least 4 members (excludes halogenated alkanes) is 7. The van der Waals surface area contributed by atoms with Gasteiger partial charge in [0.2, 0.25) is 0 Å². The molecule has 1 fully saturated rings. The molecule has 25 heavy (non-hydrogen) atoms. The van der Waals surface area contributed by atoms with Crippen molar-refractivity contribution in [2.45, 2.75) is 83.2 Å². The maximum absolute atomic E-state index is 11.4. The maximum Gasteiger partial charge on any atom is 1.00 e. The molecule has 1 rings (SSSR count). The van der Waals surface area contributed by atoms with Gasteiger partial charge < -0.3 is 24.5 Å². The third kappa shape index (κ3) is 8.76. The quantitative estimate of drug-likeness (QED) is 0.192. The monoisotopic (exact) mass is 372 g/mol. The zero-order valence-corrected chi connectivity index (χ0v) is 19.8. The van der Waals surface area contributed by atoms with Crippen LogP contribution in [0.5, 0.6) is 0 Å². The van der Waals surface area contributed by atoms with Gasteiger partial charge in [-0.3, -0.25) is 4.79 Å². The van der Waals surface area contributed by atoms with Crippen LogP contribution < -0.4 is 69.3 Å². The summed E-state index contributed by atoms with van der Waals surface area (Å²) in [6.07, 6.45) is 8.13. The molecule has 0 bridgehead atoms. The van der Waals surface area contributed by atoms with Gasteiger partial charge in [0, 0.05) is 24.7 Å². The predicted octanol–water partition coefficient (Wildman–Crippen LogP) is -5.28. The number of ether oxygens (including phenoxy) is 1. The second-order valence-corrected chi connectivity index (χ2v) is 6.29. The van der Waals surface area contributed by atoms with Crippen molar-refractivity contribution < 1.29 is 88.4 Å². The van der Waals surface area contributed by atoms with Crippen molar-refractivity contribution in [3.05, 3.63) is 0 Å². The van der Waals surface area contributed by atoms with E-state index in [4.69, 9.17) is 4.74 Å². The first-order valence-electron chi connectivity index (χ1n) is 8.58. The molecule has 1 saturated heterocycles. The zero-order valence-electron chi connectivity index (χ0n) is 15.8. The average Bonchev–Trinajstić information content (AvgIpc) is 2.88. The Labute approximate surface area is 194 Å². The van der Waals surface area contributed by atoms with E-state index in [1.54, 1.807) is 0 Å². The maximum atomic E-state index is 11.4. The third-order valence-corrected chi connectivity index (χ3v) is 4.54. The number of carboxylic acid groups (broad SMARTS) is 2. The van der Waals surface area contributed by atoms with Crippen LogP contribution in [-0.4, -0.2) is 23.5 Å². The van der Waals surface area contributed by atoms with Gasteiger partial charge in [0.1, 0.15) is 0 Å². The van der Waals surface area contributed by atoms with E-state index in [1.807, 2.05) is 0 Å². The summed E-state index contributed by atoms with van der Waals surface area (Å²) in [6.45, 7) is 2.16. The van der Waals surface area contributed by atoms with Gasteiger partial charge in [0.25, 0.3) is 0 Å². The van der Waals surface area contributed by atoms with Gasteiger partial charge in [-0.25, -0.2) is 0 Å². The molecule has 2 unspecified atom stereocenters. The van der Waals surface area contributed by atoms with E-state index in [-0.39, 0.29) is 78.4 Å². The molecule has 0 aromatic heterocycles. The number of esters is 1. The number of hydrogen-bond acceptors (Lipinski definition) is 6. The minimum absolute atomic E-state index is 0. The summed E-state index contributed by atoms with van der Waals surface area (Å²) in [7, 11) is 0. The van der Waals surface area contributed by atoms with Crippen LogP contribution >= 0.6 is 0 Å². The minimum Gasteiger partial charge on any atom is -0.550 e. The zero-order chi connectivity index (χ0) is 17.3. The summed E-state index contributed by atoms with van der Waals surface area (Å²) in [5.74, 6) is -5.18. The number of rotatable bonds is 12. The summed E-state index contributed by atoms with van der Waals surface area (Å²) in [5, 5.41) is 22.7. The Morgan fingerprint density at radius 2 is 1.56 bits per heavy atom. The number of carboxylic acids is 2. The summed E-state index contributed by atoms with van der Waals surface area (Å²) in [6, 6.07) is 0. The number of hydrogen-bond donors (Lipinski definition) is 0. The predicted molar refractivity (Wildman–Crippen MR) is 78.8 cm³/mol. The van der Waals surface area contributed by atoms with E-state index in [0.29, 0.717) is 6.42 Å². The fraction of sp³-hybridized carbons (Fsp3) is 0.824. The van der Waals surface area contributed by atoms with Crippen molar-refractivity contribution in [2.75, 3.05) is 0 Å². The molecule has 0 amide bonds. The van der Waals surface area contributed by atoms with E-state index < -0.39 is 29.4 Å². The van der Waals surface area contributed by atoms with Crippen LogP contribution in [-0.2, 0) is 19.1 Å². The molecule has 0 aromatic carbocycles. The summed E-state index contributed by atoms with van der Waals surface area (Å²) in [5.41, 5.74) is -2.06. The van der Waals surface area contributed by atoms with Crippen molar-refractivity contribution in [1.29, 1.82) is 0 Å². The first kappa shape index (κ1) is 27.6. The Kier molecular flexibility index (Phi) is 16.0. The van der Waals surface area contributed by atoms with Crippen LogP contribution in [0, 0.1) is 5.92 Å². The number of aliphatic carboxylic acids is 2. The molecular formula is C17H26Na2O6. The summed E-state index contributed by atoms with van der Waals surface area (Å²) >= 11 is 0. The summed E-state index contributed by atoms with van der Waals surface area (Å²) < 4.78 is 4.83. The topological polar surface area (TPSA) is 107 Å². The van der Waals surface area contributed by atoms with Crippen molar-refractivity contribution in [3.8, 4) is 0 Å². The van der Waals surface area contributed by atoms with Gasteiger partial charge in [0.15, 0.2) is 5.60 Å². The molecule has 8 heteroatoms. The number of carbonyl (C=O) groups is 3. The molecule has 6 nitrogen and oxygen atoms in total. The number of cyclic esters (lactones) is 1. The molecule has 132 valence electrons. The first-order valence-corrected chi connectivity index (χ1v) is 8.58. The van der Waals surface area contributed by atoms with Crippen LogP contribution in [0.15, 0.2) is 0 Å². The van der Waals surface area contributed by atoms with Crippen molar-refractivity contribution >= 4 is 17.9 Å². The van der Waals surface area contributed by atoms with Crippen LogP contribution in [0.1, 0.15) is 77.6 Å². The Balaban J connectivity index is 0. The van der Waals surface area contributed by atoms with E-state index in [0.717, 1.165) is 19.3 Å². The molecule has 0 N–H and O–H groups in total. The van der Waals surface area contributed by atoms with E-state index in [2.05, 4.69) is 6.92 Å². The van der Waals surface area contributed by atoms with E-state index in [9.17, 15) is 24.6 Å². The molecule has 0 spiro atoms. The van der Waals surface area contributed by atoms with Gasteiger partial charge in [-0.15, -0.1) is 0 Å². The summed E-state index contributed by atoms with van der Waals surface area (Å²) in [4.78, 5) is 34.0. The van der Waals surface area contributed by atoms with Crippen molar-refractivity contribution in [1.82, 2.24) is 0 Å². The van der Waals surface area contributed by atoms with Crippen LogP contribution in [0.25, 0.3) is 0 Å². The first-order chi connectivity index (χ1) is 10.9. The molecule has 1 aliphatic rings. The molecule has 0 aliphatic carbocycles. The second-order valence-electron chi connectivity index (χ2n) is 6.29. The Morgan fingerprint density at radius 1 is 1.04 bits per heavy atom. The Bertz CT molecular complexity index is 429. The normalized spacial score (nSPS) is 20.1. The van der Waals surface area contributed by atoms with Gasteiger partial charge in [-0.1, -0.05) is 58.3 Å². The molecule has 1 aliphatic heterocycles. The standard InChI is InChI=1S/C17H28O6.2Na/c1-2-3-4-5-6-7-8-9-10-13(15(19)20)17(16(21)22)12-11-14(18)23-17;;/h13H,2-12H2,1H3,(H,19,20)(H,21,22);;/q;2*+1/p-2. The van der Waals surface area contributed by atoms with Gasteiger partial charge in [0.05, 0.1) is 5.97 Å². The van der Waals surface area contributed by atoms with Crippen molar-refractivity contribution in [3.63, 3.8) is 0 Å². The largest absolute Gasteiger partial charge is 1.00 e. The third-order valence-electron chi connectivity index (χ3n) is 4.54. The van der Waals surface area contributed by atoms with Crippen molar-refractivity contribution in [2.24, 2.45) is 5.92 Å². The Morgan fingerprint density at radius 3 is 1.96 bits per heavy atom. The molecular weight excluding hydrogens is 346 g/mol. The molecule has 0 saturated carbocycles. The van der Waals surface area contributed by atoms with Crippen LogP contribution in [0.2, 0.25) is 0 Å². The van der Waals surface area contributed by atoms with Gasteiger partial charge >= 0.3 is 65.1 Å². The molecule has 0 aromatic rings. The van der Waals surface area contributed by atoms with Gasteiger partial charge in [-0.05, 0) is 6.42 Å². The molecule has 0 radical (unpaired) electrons. The molecule has 2 atom stereocenters. The smallest absolute Gasteiger partial charge is 0.550 e. The minimum atomic E-state index is -2.06. The fourth-order valence-electron chi connectivity index (χ4n) is 3.15.